The molecule has 5 nitrogen and oxygen atoms in total. The van der Waals surface area contributed by atoms with Gasteiger partial charge in [0.2, 0.25) is 6.10 Å². The molecule has 0 aromatic heterocycles. The molecule has 0 radical (unpaired) electrons. The second kappa shape index (κ2) is 9.50. The van der Waals surface area contributed by atoms with Gasteiger partial charge in [-0.3, -0.25) is 9.59 Å². The van der Waals surface area contributed by atoms with Crippen LogP contribution in [-0.2, 0) is 14.3 Å². The molecule has 1 heterocycles. The molecule has 0 N–H and O–H groups in total. The Kier molecular flexibility index (Phi) is 6.53. The van der Waals surface area contributed by atoms with E-state index in [0.717, 1.165) is 54.5 Å². The third-order valence-corrected chi connectivity index (χ3v) is 12.2. The first-order chi connectivity index (χ1) is 18.2. The largest absolute Gasteiger partial charge is 0.447 e. The van der Waals surface area contributed by atoms with Crippen molar-refractivity contribution < 1.29 is 14.3 Å². The summed E-state index contributed by atoms with van der Waals surface area (Å²) in [5, 5.41) is 0. The summed E-state index contributed by atoms with van der Waals surface area (Å²) in [5.74, 6) is 2.82. The third kappa shape index (κ3) is 3.90. The number of likely N-dealkylation sites (tertiary alicyclic amines) is 1. The second-order valence-electron chi connectivity index (χ2n) is 13.6. The van der Waals surface area contributed by atoms with E-state index in [-0.39, 0.29) is 17.4 Å². The van der Waals surface area contributed by atoms with Gasteiger partial charge < -0.3 is 14.5 Å². The van der Waals surface area contributed by atoms with Crippen molar-refractivity contribution in [1.29, 1.82) is 0 Å². The molecule has 4 aliphatic carbocycles. The molecule has 5 aliphatic rings. The number of fused-ring (bicyclic) bond motifs is 4. The summed E-state index contributed by atoms with van der Waals surface area (Å²) in [6, 6.07) is 10.3. The highest BCUT2D eigenvalue weighted by Gasteiger charge is 2.64. The first-order valence-corrected chi connectivity index (χ1v) is 15.0. The Bertz CT molecular complexity index is 1120. The maximum Gasteiger partial charge on any atom is 0.303 e. The Morgan fingerprint density at radius 1 is 1.05 bits per heavy atom. The van der Waals surface area contributed by atoms with E-state index in [1.807, 2.05) is 42.3 Å². The van der Waals surface area contributed by atoms with Crippen LogP contribution in [0.15, 0.2) is 42.0 Å². The number of esters is 1. The molecular formula is C33H46N2O3. The van der Waals surface area contributed by atoms with E-state index in [2.05, 4.69) is 31.9 Å². The lowest BCUT2D eigenvalue weighted by Crippen LogP contribution is -2.53. The quantitative estimate of drug-likeness (QED) is 0.362. The first kappa shape index (κ1) is 26.1. The van der Waals surface area contributed by atoms with E-state index in [4.69, 9.17) is 4.74 Å². The summed E-state index contributed by atoms with van der Waals surface area (Å²) < 4.78 is 5.55. The van der Waals surface area contributed by atoms with Crippen LogP contribution in [0.2, 0.25) is 0 Å². The van der Waals surface area contributed by atoms with Gasteiger partial charge in [0.25, 0.3) is 5.91 Å². The Morgan fingerprint density at radius 2 is 1.79 bits per heavy atom. The Morgan fingerprint density at radius 3 is 2.53 bits per heavy atom. The Balaban J connectivity index is 1.20. The van der Waals surface area contributed by atoms with Crippen molar-refractivity contribution in [2.24, 2.45) is 34.5 Å². The lowest BCUT2D eigenvalue weighted by molar-refractivity contribution is -0.160. The number of likely N-dealkylation sites (N-methyl/N-ethyl adjacent to an activating group) is 1. The van der Waals surface area contributed by atoms with Gasteiger partial charge in [-0.15, -0.1) is 0 Å². The highest BCUT2D eigenvalue weighted by atomic mass is 16.5. The minimum atomic E-state index is -0.881. The Hall–Kier alpha value is -2.14. The van der Waals surface area contributed by atoms with E-state index in [0.29, 0.717) is 5.41 Å². The van der Waals surface area contributed by atoms with Crippen molar-refractivity contribution in [2.75, 3.05) is 20.6 Å². The van der Waals surface area contributed by atoms with Crippen LogP contribution in [0.5, 0.6) is 0 Å². The van der Waals surface area contributed by atoms with Crippen LogP contribution in [0.25, 0.3) is 0 Å². The van der Waals surface area contributed by atoms with E-state index in [1.54, 1.807) is 5.57 Å². The fourth-order valence-corrected chi connectivity index (χ4v) is 10.2. The van der Waals surface area contributed by atoms with Crippen LogP contribution in [-0.4, -0.2) is 54.4 Å². The third-order valence-electron chi connectivity index (χ3n) is 12.2. The number of hydrogen-bond acceptors (Lipinski definition) is 4. The molecule has 1 spiro atoms. The first-order valence-electron chi connectivity index (χ1n) is 15.0. The molecule has 38 heavy (non-hydrogen) atoms. The van der Waals surface area contributed by atoms with Crippen molar-refractivity contribution in [2.45, 2.75) is 90.3 Å². The summed E-state index contributed by atoms with van der Waals surface area (Å²) in [5.41, 5.74) is 3.14. The normalized spacial score (nSPS) is 40.7. The molecule has 4 fully saturated rings. The molecule has 3 saturated carbocycles. The number of benzene rings is 1. The molecule has 1 saturated heterocycles. The lowest BCUT2D eigenvalue weighted by atomic mass is 9.47. The zero-order valence-corrected chi connectivity index (χ0v) is 24.0. The topological polar surface area (TPSA) is 49.9 Å². The van der Waals surface area contributed by atoms with Crippen LogP contribution in [0, 0.1) is 34.5 Å². The molecular weight excluding hydrogens is 472 g/mol. The average molecular weight is 519 g/mol. The number of hydrogen-bond donors (Lipinski definition) is 0. The van der Waals surface area contributed by atoms with Crippen molar-refractivity contribution >= 4 is 11.9 Å². The van der Waals surface area contributed by atoms with E-state index in [9.17, 15) is 9.59 Å². The van der Waals surface area contributed by atoms with Crippen LogP contribution < -0.4 is 0 Å². The van der Waals surface area contributed by atoms with Gasteiger partial charge in [-0.1, -0.05) is 48.9 Å². The Labute approximate surface area is 229 Å². The summed E-state index contributed by atoms with van der Waals surface area (Å²) >= 11 is 0. The molecule has 1 aliphatic heterocycles. The van der Waals surface area contributed by atoms with Crippen LogP contribution >= 0.6 is 0 Å². The monoisotopic (exact) mass is 518 g/mol. The molecule has 1 aromatic carbocycles. The number of rotatable bonds is 4. The molecule has 9 atom stereocenters. The number of amides is 1. The maximum atomic E-state index is 13.7. The zero-order chi connectivity index (χ0) is 26.8. The SMILES string of the molecule is CC(=O)O[C@H](C(=O)N(C)[C@H]1CC[C@@]2(C)C(=CC[C@H]3[C@@H]4CC[C@@H]5[C@H](C)N(C)C[C@@]54CC[C@@H]32)C1)c1ccccc1. The van der Waals surface area contributed by atoms with Crippen molar-refractivity contribution in [3.05, 3.63) is 47.5 Å². The molecule has 1 amide bonds. The number of allylic oxidation sites excluding steroid dienone is 1. The molecule has 1 aromatic rings. The van der Waals surface area contributed by atoms with Crippen molar-refractivity contribution in [3.8, 4) is 0 Å². The number of nitrogens with zero attached hydrogens (tertiary/aromatic N) is 2. The fraction of sp³-hybridized carbons (Fsp3) is 0.697. The summed E-state index contributed by atoms with van der Waals surface area (Å²) in [4.78, 5) is 30.1. The van der Waals surface area contributed by atoms with E-state index >= 15 is 0 Å². The smallest absolute Gasteiger partial charge is 0.303 e. The highest BCUT2D eigenvalue weighted by molar-refractivity contribution is 5.84. The standard InChI is InChI=1S/C33H46N2O3/c1-21-27-13-14-29-26-12-11-24-19-25(15-17-32(24,3)28(26)16-18-33(27,29)20-34(21)4)35(5)31(37)30(38-22(2)36)23-9-7-6-8-10-23/h6-11,21,25-30H,12-20H2,1-5H3/t21-,25-,26+,27+,28-,29-,30-,32-,33-/m0/s1. The minimum Gasteiger partial charge on any atom is -0.447 e. The van der Waals surface area contributed by atoms with Crippen molar-refractivity contribution in [3.63, 3.8) is 0 Å². The van der Waals surface area contributed by atoms with Gasteiger partial charge >= 0.3 is 5.97 Å². The predicted octanol–water partition coefficient (Wildman–Crippen LogP) is 6.01. The molecule has 6 rings (SSSR count). The van der Waals surface area contributed by atoms with E-state index < -0.39 is 12.1 Å². The zero-order valence-electron chi connectivity index (χ0n) is 24.0. The predicted molar refractivity (Wildman–Crippen MR) is 149 cm³/mol. The molecule has 5 heteroatoms. The minimum absolute atomic E-state index is 0.120. The highest BCUT2D eigenvalue weighted by Crippen LogP contribution is 2.68. The van der Waals surface area contributed by atoms with Crippen LogP contribution in [0.4, 0.5) is 0 Å². The van der Waals surface area contributed by atoms with Gasteiger partial charge in [0.1, 0.15) is 0 Å². The lowest BCUT2D eigenvalue weighted by Gasteiger charge is -2.58. The molecule has 0 unspecified atom stereocenters. The molecule has 0 bridgehead atoms. The van der Waals surface area contributed by atoms with Crippen LogP contribution in [0.3, 0.4) is 0 Å². The van der Waals surface area contributed by atoms with Gasteiger partial charge in [0.05, 0.1) is 0 Å². The summed E-state index contributed by atoms with van der Waals surface area (Å²) in [6.07, 6.45) is 11.7. The van der Waals surface area contributed by atoms with Gasteiger partial charge in [0, 0.05) is 38.2 Å². The number of carbonyl (C=O) groups is 2. The van der Waals surface area contributed by atoms with E-state index in [1.165, 1.54) is 45.6 Å². The second-order valence-corrected chi connectivity index (χ2v) is 13.6. The maximum absolute atomic E-state index is 13.7. The van der Waals surface area contributed by atoms with Crippen LogP contribution in [0.1, 0.15) is 83.8 Å². The molecule has 206 valence electrons. The van der Waals surface area contributed by atoms with Gasteiger partial charge in [0.15, 0.2) is 0 Å². The van der Waals surface area contributed by atoms with Gasteiger partial charge in [-0.2, -0.15) is 0 Å². The number of ether oxygens (including phenoxy) is 1. The average Bonchev–Trinajstić information content (AvgIpc) is 3.39. The van der Waals surface area contributed by atoms with Gasteiger partial charge in [-0.05, 0) is 99.8 Å². The summed E-state index contributed by atoms with van der Waals surface area (Å²) in [6.45, 7) is 7.70. The van der Waals surface area contributed by atoms with Gasteiger partial charge in [-0.25, -0.2) is 0 Å². The number of carbonyl (C=O) groups excluding carboxylic acids is 2. The summed E-state index contributed by atoms with van der Waals surface area (Å²) in [7, 11) is 4.26. The fourth-order valence-electron chi connectivity index (χ4n) is 10.2. The van der Waals surface area contributed by atoms with Crippen molar-refractivity contribution in [1.82, 2.24) is 9.80 Å².